The molecule has 0 radical (unpaired) electrons. The SMILES string of the molecule is COc1ccccc1Cc1noc(C2CN(C(=O)c3ccc(C(F)(F)F)cc3)C2)n1. The van der Waals surface area contributed by atoms with Gasteiger partial charge in [-0.05, 0) is 30.3 Å². The van der Waals surface area contributed by atoms with Crippen LogP contribution in [0.2, 0.25) is 0 Å². The van der Waals surface area contributed by atoms with Crippen LogP contribution >= 0.6 is 0 Å². The number of methoxy groups -OCH3 is 1. The van der Waals surface area contributed by atoms with Crippen molar-refractivity contribution >= 4 is 5.91 Å². The Bertz CT molecular complexity index is 1040. The lowest BCUT2D eigenvalue weighted by molar-refractivity contribution is -0.137. The third-order valence-electron chi connectivity index (χ3n) is 5.00. The Balaban J connectivity index is 1.36. The minimum Gasteiger partial charge on any atom is -0.496 e. The summed E-state index contributed by atoms with van der Waals surface area (Å²) in [4.78, 5) is 18.4. The number of rotatable bonds is 5. The summed E-state index contributed by atoms with van der Waals surface area (Å²) < 4.78 is 48.6. The number of ether oxygens (including phenoxy) is 1. The highest BCUT2D eigenvalue weighted by Crippen LogP contribution is 2.31. The topological polar surface area (TPSA) is 68.5 Å². The highest BCUT2D eigenvalue weighted by Gasteiger charge is 2.36. The summed E-state index contributed by atoms with van der Waals surface area (Å²) in [5.74, 6) is 1.27. The Labute approximate surface area is 170 Å². The molecular formula is C21H18F3N3O3. The average molecular weight is 417 g/mol. The van der Waals surface area contributed by atoms with Crippen LogP contribution in [0.3, 0.4) is 0 Å². The zero-order valence-electron chi connectivity index (χ0n) is 16.0. The van der Waals surface area contributed by atoms with Gasteiger partial charge in [0.1, 0.15) is 5.75 Å². The number of alkyl halides is 3. The summed E-state index contributed by atoms with van der Waals surface area (Å²) >= 11 is 0. The first-order valence-corrected chi connectivity index (χ1v) is 9.26. The molecule has 1 aliphatic heterocycles. The Morgan fingerprint density at radius 1 is 1.17 bits per heavy atom. The fourth-order valence-electron chi connectivity index (χ4n) is 3.31. The Morgan fingerprint density at radius 2 is 1.87 bits per heavy atom. The third-order valence-corrected chi connectivity index (χ3v) is 5.00. The summed E-state index contributed by atoms with van der Waals surface area (Å²) in [6, 6.07) is 11.7. The van der Waals surface area contributed by atoms with Gasteiger partial charge in [-0.15, -0.1) is 0 Å². The minimum atomic E-state index is -4.43. The number of nitrogens with zero attached hydrogens (tertiary/aromatic N) is 3. The zero-order chi connectivity index (χ0) is 21.3. The maximum atomic E-state index is 12.7. The van der Waals surface area contributed by atoms with Crippen LogP contribution in [0.1, 0.15) is 39.1 Å². The van der Waals surface area contributed by atoms with Gasteiger partial charge < -0.3 is 14.2 Å². The van der Waals surface area contributed by atoms with E-state index in [2.05, 4.69) is 10.1 Å². The molecule has 156 valence electrons. The lowest BCUT2D eigenvalue weighted by Gasteiger charge is -2.37. The van der Waals surface area contributed by atoms with E-state index in [0.29, 0.717) is 31.2 Å². The van der Waals surface area contributed by atoms with Gasteiger partial charge in [-0.25, -0.2) is 0 Å². The van der Waals surface area contributed by atoms with E-state index in [0.717, 1.165) is 23.4 Å². The van der Waals surface area contributed by atoms with Gasteiger partial charge >= 0.3 is 6.18 Å². The second kappa shape index (κ2) is 7.81. The van der Waals surface area contributed by atoms with E-state index < -0.39 is 11.7 Å². The van der Waals surface area contributed by atoms with Crippen molar-refractivity contribution in [2.24, 2.45) is 0 Å². The molecule has 2 aromatic carbocycles. The summed E-state index contributed by atoms with van der Waals surface area (Å²) in [5.41, 5.74) is 0.359. The summed E-state index contributed by atoms with van der Waals surface area (Å²) in [6.45, 7) is 0.742. The Kier molecular flexibility index (Phi) is 5.19. The maximum absolute atomic E-state index is 12.7. The molecule has 1 amide bonds. The molecule has 0 saturated carbocycles. The van der Waals surface area contributed by atoms with E-state index in [1.54, 1.807) is 7.11 Å². The second-order valence-corrected chi connectivity index (χ2v) is 7.02. The van der Waals surface area contributed by atoms with Gasteiger partial charge in [0.05, 0.1) is 18.6 Å². The van der Waals surface area contributed by atoms with E-state index in [9.17, 15) is 18.0 Å². The molecule has 6 nitrogen and oxygen atoms in total. The van der Waals surface area contributed by atoms with Crippen molar-refractivity contribution in [1.82, 2.24) is 15.0 Å². The van der Waals surface area contributed by atoms with Crippen LogP contribution in [0.4, 0.5) is 13.2 Å². The second-order valence-electron chi connectivity index (χ2n) is 7.02. The molecule has 4 rings (SSSR count). The molecule has 0 atom stereocenters. The number of hydrogen-bond acceptors (Lipinski definition) is 5. The van der Waals surface area contributed by atoms with Gasteiger partial charge in [0.15, 0.2) is 5.82 Å². The number of amides is 1. The molecule has 1 saturated heterocycles. The van der Waals surface area contributed by atoms with E-state index >= 15 is 0 Å². The first-order chi connectivity index (χ1) is 14.3. The highest BCUT2D eigenvalue weighted by molar-refractivity contribution is 5.94. The van der Waals surface area contributed by atoms with E-state index in [4.69, 9.17) is 9.26 Å². The Hall–Kier alpha value is -3.36. The van der Waals surface area contributed by atoms with Crippen LogP contribution < -0.4 is 4.74 Å². The molecule has 9 heteroatoms. The van der Waals surface area contributed by atoms with Crippen LogP contribution in [0.5, 0.6) is 5.75 Å². The van der Waals surface area contributed by atoms with Crippen molar-refractivity contribution in [2.75, 3.05) is 20.2 Å². The van der Waals surface area contributed by atoms with Crippen LogP contribution in [-0.4, -0.2) is 41.1 Å². The molecule has 0 spiro atoms. The van der Waals surface area contributed by atoms with Gasteiger partial charge in [-0.3, -0.25) is 4.79 Å². The average Bonchev–Trinajstić information content (AvgIpc) is 3.14. The van der Waals surface area contributed by atoms with E-state index in [1.165, 1.54) is 17.0 Å². The summed E-state index contributed by atoms with van der Waals surface area (Å²) in [6.07, 6.45) is -3.97. The number of carbonyl (C=O) groups is 1. The number of halogens is 3. The number of aromatic nitrogens is 2. The molecule has 2 heterocycles. The lowest BCUT2D eigenvalue weighted by atomic mass is 9.98. The van der Waals surface area contributed by atoms with Gasteiger partial charge in [-0.1, -0.05) is 23.4 Å². The van der Waals surface area contributed by atoms with Crippen molar-refractivity contribution in [3.8, 4) is 5.75 Å². The predicted octanol–water partition coefficient (Wildman–Crippen LogP) is 3.93. The maximum Gasteiger partial charge on any atom is 0.416 e. The lowest BCUT2D eigenvalue weighted by Crippen LogP contribution is -2.48. The van der Waals surface area contributed by atoms with Crippen molar-refractivity contribution < 1.29 is 27.2 Å². The first kappa shape index (κ1) is 19.9. The van der Waals surface area contributed by atoms with Crippen LogP contribution in [0.15, 0.2) is 53.1 Å². The fraction of sp³-hybridized carbons (Fsp3) is 0.286. The largest absolute Gasteiger partial charge is 0.496 e. The molecule has 1 aromatic heterocycles. The fourth-order valence-corrected chi connectivity index (χ4v) is 3.31. The summed E-state index contributed by atoms with van der Waals surface area (Å²) in [7, 11) is 1.59. The highest BCUT2D eigenvalue weighted by atomic mass is 19.4. The van der Waals surface area contributed by atoms with Crippen molar-refractivity contribution in [3.05, 3.63) is 76.9 Å². The molecule has 0 bridgehead atoms. The standard InChI is InChI=1S/C21H18F3N3O3/c1-29-17-5-3-2-4-14(17)10-18-25-19(30-26-18)15-11-27(12-15)20(28)13-6-8-16(9-7-13)21(22,23)24/h2-9,15H,10-12H2,1H3. The number of benzene rings is 2. The van der Waals surface area contributed by atoms with Gasteiger partial charge in [0, 0.05) is 30.6 Å². The van der Waals surface area contributed by atoms with Crippen LogP contribution in [0, 0.1) is 0 Å². The number of likely N-dealkylation sites (tertiary alicyclic amines) is 1. The zero-order valence-corrected chi connectivity index (χ0v) is 16.0. The molecule has 3 aromatic rings. The monoisotopic (exact) mass is 417 g/mol. The molecule has 0 aliphatic carbocycles. The first-order valence-electron chi connectivity index (χ1n) is 9.26. The van der Waals surface area contributed by atoms with Gasteiger partial charge in [0.2, 0.25) is 5.89 Å². The molecular weight excluding hydrogens is 399 g/mol. The van der Waals surface area contributed by atoms with Crippen LogP contribution in [0.25, 0.3) is 0 Å². The van der Waals surface area contributed by atoms with E-state index in [-0.39, 0.29) is 17.4 Å². The minimum absolute atomic E-state index is 0.0951. The van der Waals surface area contributed by atoms with Crippen molar-refractivity contribution in [3.63, 3.8) is 0 Å². The number of carbonyl (C=O) groups excluding carboxylic acids is 1. The molecule has 30 heavy (non-hydrogen) atoms. The molecule has 1 aliphatic rings. The normalized spacial score (nSPS) is 14.5. The number of hydrogen-bond donors (Lipinski definition) is 0. The van der Waals surface area contributed by atoms with Crippen molar-refractivity contribution in [1.29, 1.82) is 0 Å². The smallest absolute Gasteiger partial charge is 0.416 e. The van der Waals surface area contributed by atoms with Gasteiger partial charge in [0.25, 0.3) is 5.91 Å². The van der Waals surface area contributed by atoms with E-state index in [1.807, 2.05) is 24.3 Å². The van der Waals surface area contributed by atoms with Crippen molar-refractivity contribution in [2.45, 2.75) is 18.5 Å². The predicted molar refractivity (Wildman–Crippen MR) is 100 cm³/mol. The Morgan fingerprint density at radius 3 is 2.53 bits per heavy atom. The number of para-hydroxylation sites is 1. The quantitative estimate of drug-likeness (QED) is 0.629. The molecule has 0 N–H and O–H groups in total. The third kappa shape index (κ3) is 4.00. The molecule has 1 fully saturated rings. The summed E-state index contributed by atoms with van der Waals surface area (Å²) in [5, 5.41) is 4.00. The van der Waals surface area contributed by atoms with Crippen LogP contribution in [-0.2, 0) is 12.6 Å². The van der Waals surface area contributed by atoms with Gasteiger partial charge in [-0.2, -0.15) is 18.2 Å². The molecule has 0 unspecified atom stereocenters.